The molecule has 1 atom stereocenters. The number of para-hydroxylation sites is 1. The molecule has 1 aromatic heterocycles. The molecule has 1 aromatic carbocycles. The Bertz CT molecular complexity index is 560. The van der Waals surface area contributed by atoms with Crippen LogP contribution in [-0.2, 0) is 17.6 Å². The number of nitrogens with zero attached hydrogens (tertiary/aromatic N) is 1. The number of fused-ring (bicyclic) bond motifs is 1. The zero-order valence-electron chi connectivity index (χ0n) is 10.4. The third-order valence-electron chi connectivity index (χ3n) is 3.48. The predicted molar refractivity (Wildman–Crippen MR) is 71.6 cm³/mol. The molecule has 18 heavy (non-hydrogen) atoms. The second-order valence-corrected chi connectivity index (χ2v) is 4.82. The lowest BCUT2D eigenvalue weighted by atomic mass is 10.1. The smallest absolute Gasteiger partial charge is 0.233 e. The first-order valence-electron chi connectivity index (χ1n) is 6.28. The van der Waals surface area contributed by atoms with Gasteiger partial charge in [0.2, 0.25) is 5.91 Å². The molecule has 2 heterocycles. The van der Waals surface area contributed by atoms with Crippen molar-refractivity contribution in [3.63, 3.8) is 0 Å². The molecule has 92 valence electrons. The van der Waals surface area contributed by atoms with E-state index in [4.69, 9.17) is 0 Å². The number of anilines is 1. The molecule has 3 heteroatoms. The molecule has 1 aliphatic heterocycles. The molecular weight excluding hydrogens is 224 g/mol. The minimum Gasteiger partial charge on any atom is -0.365 e. The first-order valence-corrected chi connectivity index (χ1v) is 6.28. The van der Waals surface area contributed by atoms with Gasteiger partial charge in [0.1, 0.15) is 0 Å². The normalized spacial score (nSPS) is 17.8. The Morgan fingerprint density at radius 1 is 1.33 bits per heavy atom. The van der Waals surface area contributed by atoms with Crippen molar-refractivity contribution >= 4 is 11.6 Å². The van der Waals surface area contributed by atoms with Crippen molar-refractivity contribution in [2.75, 3.05) is 4.90 Å². The van der Waals surface area contributed by atoms with E-state index < -0.39 is 0 Å². The third kappa shape index (κ3) is 1.82. The van der Waals surface area contributed by atoms with Crippen molar-refractivity contribution in [2.24, 2.45) is 0 Å². The number of carbonyl (C=O) groups excluding carboxylic acids is 1. The lowest BCUT2D eigenvalue weighted by molar-refractivity contribution is -0.118. The lowest BCUT2D eigenvalue weighted by Gasteiger charge is -2.22. The number of amides is 1. The van der Waals surface area contributed by atoms with E-state index in [1.807, 2.05) is 41.4 Å². The summed E-state index contributed by atoms with van der Waals surface area (Å²) in [6.07, 6.45) is 3.24. The first-order chi connectivity index (χ1) is 8.75. The average molecular weight is 240 g/mol. The van der Waals surface area contributed by atoms with Gasteiger partial charge in [-0.3, -0.25) is 4.79 Å². The summed E-state index contributed by atoms with van der Waals surface area (Å²) in [5.41, 5.74) is 3.31. The summed E-state index contributed by atoms with van der Waals surface area (Å²) in [5, 5.41) is 0. The molecule has 0 aliphatic carbocycles. The maximum atomic E-state index is 12.4. The summed E-state index contributed by atoms with van der Waals surface area (Å²) in [6.45, 7) is 2.10. The fraction of sp³-hybridized carbons (Fsp3) is 0.267. The van der Waals surface area contributed by atoms with Gasteiger partial charge in [0.25, 0.3) is 0 Å². The van der Waals surface area contributed by atoms with Gasteiger partial charge in [-0.15, -0.1) is 0 Å². The Morgan fingerprint density at radius 3 is 2.94 bits per heavy atom. The number of benzene rings is 1. The largest absolute Gasteiger partial charge is 0.365 e. The highest BCUT2D eigenvalue weighted by atomic mass is 16.2. The van der Waals surface area contributed by atoms with Crippen molar-refractivity contribution < 1.29 is 4.79 Å². The van der Waals surface area contributed by atoms with Gasteiger partial charge in [0.15, 0.2) is 0 Å². The third-order valence-corrected chi connectivity index (χ3v) is 3.48. The van der Waals surface area contributed by atoms with Crippen LogP contribution in [0.1, 0.15) is 18.2 Å². The van der Waals surface area contributed by atoms with Gasteiger partial charge in [-0.2, -0.15) is 0 Å². The van der Waals surface area contributed by atoms with Crippen LogP contribution >= 0.6 is 0 Å². The molecule has 0 spiro atoms. The summed E-state index contributed by atoms with van der Waals surface area (Å²) in [7, 11) is 0. The van der Waals surface area contributed by atoms with Crippen molar-refractivity contribution in [2.45, 2.75) is 25.8 Å². The molecule has 0 radical (unpaired) electrons. The van der Waals surface area contributed by atoms with E-state index in [1.54, 1.807) is 0 Å². The van der Waals surface area contributed by atoms with Gasteiger partial charge in [0.05, 0.1) is 6.42 Å². The molecule has 0 saturated carbocycles. The van der Waals surface area contributed by atoms with Gasteiger partial charge in [-0.25, -0.2) is 0 Å². The highest BCUT2D eigenvalue weighted by Crippen LogP contribution is 2.32. The van der Waals surface area contributed by atoms with Crippen LogP contribution in [0, 0.1) is 0 Å². The number of nitrogens with one attached hydrogen (secondary N) is 1. The molecule has 1 unspecified atom stereocenters. The van der Waals surface area contributed by atoms with Crippen molar-refractivity contribution in [3.05, 3.63) is 53.9 Å². The minimum atomic E-state index is 0.162. The number of H-pyrrole nitrogens is 1. The van der Waals surface area contributed by atoms with Gasteiger partial charge in [0, 0.05) is 23.6 Å². The van der Waals surface area contributed by atoms with E-state index in [2.05, 4.69) is 18.0 Å². The Morgan fingerprint density at radius 2 is 2.17 bits per heavy atom. The van der Waals surface area contributed by atoms with Crippen LogP contribution < -0.4 is 4.90 Å². The molecule has 0 fully saturated rings. The van der Waals surface area contributed by atoms with Crippen molar-refractivity contribution in [1.29, 1.82) is 0 Å². The first kappa shape index (κ1) is 11.1. The maximum absolute atomic E-state index is 12.4. The highest BCUT2D eigenvalue weighted by molar-refractivity contribution is 5.97. The molecule has 1 amide bonds. The van der Waals surface area contributed by atoms with Crippen molar-refractivity contribution in [3.8, 4) is 0 Å². The Balaban J connectivity index is 1.86. The molecule has 1 aliphatic rings. The van der Waals surface area contributed by atoms with Gasteiger partial charge in [-0.05, 0) is 37.1 Å². The number of carbonyl (C=O) groups is 1. The van der Waals surface area contributed by atoms with Crippen molar-refractivity contribution in [1.82, 2.24) is 4.98 Å². The average Bonchev–Trinajstić information content (AvgIpc) is 2.94. The number of hydrogen-bond acceptors (Lipinski definition) is 1. The van der Waals surface area contributed by atoms with Crippen LogP contribution in [0.3, 0.4) is 0 Å². The summed E-state index contributed by atoms with van der Waals surface area (Å²) in [5.74, 6) is 0.162. The zero-order valence-corrected chi connectivity index (χ0v) is 10.4. The van der Waals surface area contributed by atoms with E-state index in [0.29, 0.717) is 6.42 Å². The summed E-state index contributed by atoms with van der Waals surface area (Å²) in [4.78, 5) is 17.4. The SMILES string of the molecule is CC1Cc2ccccc2N1C(=O)Cc1ccc[nH]1. The standard InChI is InChI=1S/C15H16N2O/c1-11-9-12-5-2-3-7-14(12)17(11)15(18)10-13-6-4-8-16-13/h2-8,11,16H,9-10H2,1H3. The molecule has 1 N–H and O–H groups in total. The summed E-state index contributed by atoms with van der Waals surface area (Å²) in [6, 6.07) is 12.3. The predicted octanol–water partition coefficient (Wildman–Crippen LogP) is 2.54. The van der Waals surface area contributed by atoms with E-state index in [0.717, 1.165) is 17.8 Å². The minimum absolute atomic E-state index is 0.162. The number of aromatic nitrogens is 1. The van der Waals surface area contributed by atoms with E-state index in [1.165, 1.54) is 5.56 Å². The van der Waals surface area contributed by atoms with Gasteiger partial charge < -0.3 is 9.88 Å². The molecule has 2 aromatic rings. The van der Waals surface area contributed by atoms with Crippen LogP contribution in [0.5, 0.6) is 0 Å². The monoisotopic (exact) mass is 240 g/mol. The fourth-order valence-corrected chi connectivity index (χ4v) is 2.67. The Labute approximate surface area is 106 Å². The molecular formula is C15H16N2O. The van der Waals surface area contributed by atoms with Crippen LogP contribution in [0.15, 0.2) is 42.6 Å². The second-order valence-electron chi connectivity index (χ2n) is 4.82. The Hall–Kier alpha value is -2.03. The fourth-order valence-electron chi connectivity index (χ4n) is 2.67. The molecule has 0 saturated heterocycles. The molecule has 0 bridgehead atoms. The lowest BCUT2D eigenvalue weighted by Crippen LogP contribution is -2.36. The number of rotatable bonds is 2. The number of aromatic amines is 1. The van der Waals surface area contributed by atoms with Crippen LogP contribution in [0.4, 0.5) is 5.69 Å². The maximum Gasteiger partial charge on any atom is 0.233 e. The summed E-state index contributed by atoms with van der Waals surface area (Å²) >= 11 is 0. The summed E-state index contributed by atoms with van der Waals surface area (Å²) < 4.78 is 0. The topological polar surface area (TPSA) is 36.1 Å². The van der Waals surface area contributed by atoms with Crippen LogP contribution in [0.2, 0.25) is 0 Å². The van der Waals surface area contributed by atoms with E-state index in [-0.39, 0.29) is 11.9 Å². The van der Waals surface area contributed by atoms with Gasteiger partial charge in [-0.1, -0.05) is 18.2 Å². The van der Waals surface area contributed by atoms with Gasteiger partial charge >= 0.3 is 0 Å². The highest BCUT2D eigenvalue weighted by Gasteiger charge is 2.30. The Kier molecular flexibility index (Phi) is 2.67. The van der Waals surface area contributed by atoms with E-state index in [9.17, 15) is 4.79 Å². The molecule has 3 rings (SSSR count). The van der Waals surface area contributed by atoms with E-state index >= 15 is 0 Å². The molecule has 3 nitrogen and oxygen atoms in total. The second kappa shape index (κ2) is 4.33. The van der Waals surface area contributed by atoms with Crippen LogP contribution in [-0.4, -0.2) is 16.9 Å². The quantitative estimate of drug-likeness (QED) is 0.860. The van der Waals surface area contributed by atoms with Crippen LogP contribution in [0.25, 0.3) is 0 Å². The number of hydrogen-bond donors (Lipinski definition) is 1. The zero-order chi connectivity index (χ0) is 12.5.